The average Bonchev–Trinajstić information content (AvgIpc) is 2.73. The van der Waals surface area contributed by atoms with Crippen molar-refractivity contribution in [3.63, 3.8) is 0 Å². The summed E-state index contributed by atoms with van der Waals surface area (Å²) in [5, 5.41) is 0. The summed E-state index contributed by atoms with van der Waals surface area (Å²) in [4.78, 5) is 0.291. The molecule has 1 aliphatic rings. The second kappa shape index (κ2) is 5.38. The van der Waals surface area contributed by atoms with Crippen LogP contribution in [0.5, 0.6) is 0 Å². The molecule has 1 saturated carbocycles. The molecule has 94 valence electrons. The highest BCUT2D eigenvalue weighted by Crippen LogP contribution is 2.27. The smallest absolute Gasteiger partial charge is 0.208 e. The fraction of sp³-hybridized carbons (Fsp3) is 0.455. The summed E-state index contributed by atoms with van der Waals surface area (Å²) in [6, 6.07) is 5.23. The molecule has 0 spiro atoms. The standard InChI is InChI=1S/C11H13Br2NO2S/c12-8-5-6-10(13)11(7-8)17(15,16)14-9-3-1-2-4-9/h5-7,9,14H,1-4H2. The summed E-state index contributed by atoms with van der Waals surface area (Å²) in [7, 11) is -3.42. The molecule has 6 heteroatoms. The van der Waals surface area contributed by atoms with Crippen molar-refractivity contribution in [2.45, 2.75) is 36.6 Å². The van der Waals surface area contributed by atoms with E-state index in [-0.39, 0.29) is 6.04 Å². The number of rotatable bonds is 3. The Morgan fingerprint density at radius 3 is 2.47 bits per heavy atom. The van der Waals surface area contributed by atoms with Crippen LogP contribution in [0.2, 0.25) is 0 Å². The van der Waals surface area contributed by atoms with E-state index in [0.29, 0.717) is 9.37 Å². The number of halogens is 2. The van der Waals surface area contributed by atoms with E-state index in [9.17, 15) is 8.42 Å². The van der Waals surface area contributed by atoms with Crippen LogP contribution in [0.25, 0.3) is 0 Å². The van der Waals surface area contributed by atoms with Crippen LogP contribution in [0.1, 0.15) is 25.7 Å². The fourth-order valence-corrected chi connectivity index (χ4v) is 4.82. The van der Waals surface area contributed by atoms with Gasteiger partial charge in [-0.15, -0.1) is 0 Å². The van der Waals surface area contributed by atoms with E-state index in [2.05, 4.69) is 36.6 Å². The van der Waals surface area contributed by atoms with Crippen LogP contribution in [-0.4, -0.2) is 14.5 Å². The van der Waals surface area contributed by atoms with Gasteiger partial charge >= 0.3 is 0 Å². The van der Waals surface area contributed by atoms with Crippen LogP contribution in [0.4, 0.5) is 0 Å². The molecule has 0 bridgehead atoms. The highest BCUT2D eigenvalue weighted by Gasteiger charge is 2.24. The SMILES string of the molecule is O=S(=O)(NC1CCCC1)c1cc(Br)ccc1Br. The topological polar surface area (TPSA) is 46.2 Å². The molecule has 17 heavy (non-hydrogen) atoms. The van der Waals surface area contributed by atoms with E-state index in [1.807, 2.05) is 0 Å². The maximum Gasteiger partial charge on any atom is 0.241 e. The van der Waals surface area contributed by atoms with Crippen molar-refractivity contribution in [2.75, 3.05) is 0 Å². The molecule has 0 atom stereocenters. The third kappa shape index (κ3) is 3.30. The number of sulfonamides is 1. The van der Waals surface area contributed by atoms with Crippen LogP contribution >= 0.6 is 31.9 Å². The minimum absolute atomic E-state index is 0.0888. The van der Waals surface area contributed by atoms with Gasteiger partial charge < -0.3 is 0 Å². The number of hydrogen-bond donors (Lipinski definition) is 1. The predicted molar refractivity (Wildman–Crippen MR) is 74.4 cm³/mol. The quantitative estimate of drug-likeness (QED) is 0.870. The van der Waals surface area contributed by atoms with Gasteiger partial charge in [0.25, 0.3) is 0 Å². The molecule has 0 radical (unpaired) electrons. The first-order valence-corrected chi connectivity index (χ1v) is 8.53. The second-order valence-electron chi connectivity index (χ2n) is 4.18. The van der Waals surface area contributed by atoms with E-state index < -0.39 is 10.0 Å². The van der Waals surface area contributed by atoms with Crippen LogP contribution < -0.4 is 4.72 Å². The van der Waals surface area contributed by atoms with E-state index >= 15 is 0 Å². The molecule has 0 amide bonds. The molecule has 2 rings (SSSR count). The molecule has 1 aromatic carbocycles. The first-order chi connectivity index (χ1) is 7.99. The van der Waals surface area contributed by atoms with Gasteiger partial charge in [0, 0.05) is 15.0 Å². The lowest BCUT2D eigenvalue weighted by Crippen LogP contribution is -2.32. The molecule has 3 nitrogen and oxygen atoms in total. The Kier molecular flexibility index (Phi) is 4.28. The van der Waals surface area contributed by atoms with Crippen molar-refractivity contribution >= 4 is 41.9 Å². The minimum atomic E-state index is -3.42. The molecule has 0 aromatic heterocycles. The van der Waals surface area contributed by atoms with Gasteiger partial charge in [-0.1, -0.05) is 28.8 Å². The Morgan fingerprint density at radius 1 is 1.18 bits per heavy atom. The summed E-state index contributed by atoms with van der Waals surface area (Å²) >= 11 is 6.56. The summed E-state index contributed by atoms with van der Waals surface area (Å²) in [5.74, 6) is 0. The minimum Gasteiger partial charge on any atom is -0.208 e. The molecule has 1 fully saturated rings. The van der Waals surface area contributed by atoms with Crippen molar-refractivity contribution in [1.82, 2.24) is 4.72 Å². The van der Waals surface area contributed by atoms with Crippen molar-refractivity contribution in [3.05, 3.63) is 27.1 Å². The molecule has 1 aromatic rings. The Hall–Kier alpha value is 0.0900. The van der Waals surface area contributed by atoms with Crippen molar-refractivity contribution in [2.24, 2.45) is 0 Å². The molecular weight excluding hydrogens is 370 g/mol. The largest absolute Gasteiger partial charge is 0.241 e. The molecule has 0 aliphatic heterocycles. The lowest BCUT2D eigenvalue weighted by molar-refractivity contribution is 0.552. The second-order valence-corrected chi connectivity index (χ2v) is 7.63. The lowest BCUT2D eigenvalue weighted by atomic mass is 10.3. The predicted octanol–water partition coefficient (Wildman–Crippen LogP) is 3.43. The highest BCUT2D eigenvalue weighted by molar-refractivity contribution is 9.11. The fourth-order valence-electron chi connectivity index (χ4n) is 2.01. The maximum atomic E-state index is 12.2. The third-order valence-corrected chi connectivity index (χ3v) is 5.87. The van der Waals surface area contributed by atoms with E-state index in [4.69, 9.17) is 0 Å². The van der Waals surface area contributed by atoms with E-state index in [1.54, 1.807) is 18.2 Å². The van der Waals surface area contributed by atoms with Gasteiger partial charge in [-0.3, -0.25) is 0 Å². The van der Waals surface area contributed by atoms with Crippen LogP contribution in [0.3, 0.4) is 0 Å². The first-order valence-electron chi connectivity index (χ1n) is 5.46. The van der Waals surface area contributed by atoms with Gasteiger partial charge in [0.1, 0.15) is 0 Å². The van der Waals surface area contributed by atoms with Gasteiger partial charge in [-0.05, 0) is 47.0 Å². The summed E-state index contributed by atoms with van der Waals surface area (Å²) < 4.78 is 28.5. The van der Waals surface area contributed by atoms with Crippen LogP contribution in [-0.2, 0) is 10.0 Å². The summed E-state index contributed by atoms with van der Waals surface area (Å²) in [6.07, 6.45) is 4.08. The van der Waals surface area contributed by atoms with Gasteiger partial charge in [0.15, 0.2) is 0 Å². The molecule has 0 unspecified atom stereocenters. The molecule has 0 saturated heterocycles. The zero-order chi connectivity index (χ0) is 12.5. The van der Waals surface area contributed by atoms with E-state index in [1.165, 1.54) is 0 Å². The third-order valence-electron chi connectivity index (χ3n) is 2.86. The Bertz CT molecular complexity index is 510. The lowest BCUT2D eigenvalue weighted by Gasteiger charge is -2.13. The van der Waals surface area contributed by atoms with Crippen molar-refractivity contribution in [1.29, 1.82) is 0 Å². The van der Waals surface area contributed by atoms with Crippen molar-refractivity contribution < 1.29 is 8.42 Å². The number of nitrogens with one attached hydrogen (secondary N) is 1. The monoisotopic (exact) mass is 381 g/mol. The highest BCUT2D eigenvalue weighted by atomic mass is 79.9. The summed E-state index contributed by atoms with van der Waals surface area (Å²) in [6.45, 7) is 0. The average molecular weight is 383 g/mol. The molecule has 1 N–H and O–H groups in total. The first kappa shape index (κ1) is 13.5. The van der Waals surface area contributed by atoms with Gasteiger partial charge in [0.05, 0.1) is 4.90 Å². The Morgan fingerprint density at radius 2 is 1.82 bits per heavy atom. The van der Waals surface area contributed by atoms with E-state index in [0.717, 1.165) is 30.2 Å². The summed E-state index contributed by atoms with van der Waals surface area (Å²) in [5.41, 5.74) is 0. The van der Waals surface area contributed by atoms with Crippen molar-refractivity contribution in [3.8, 4) is 0 Å². The zero-order valence-corrected chi connectivity index (χ0v) is 13.1. The molecular formula is C11H13Br2NO2S. The number of benzene rings is 1. The Balaban J connectivity index is 2.27. The van der Waals surface area contributed by atoms with Crippen LogP contribution in [0, 0.1) is 0 Å². The molecule has 1 aliphatic carbocycles. The normalized spacial score (nSPS) is 17.5. The zero-order valence-electron chi connectivity index (χ0n) is 9.12. The molecule has 0 heterocycles. The maximum absolute atomic E-state index is 12.2. The Labute approximate surface area is 118 Å². The van der Waals surface area contributed by atoms with Gasteiger partial charge in [-0.25, -0.2) is 13.1 Å². The van der Waals surface area contributed by atoms with Gasteiger partial charge in [0.2, 0.25) is 10.0 Å². The van der Waals surface area contributed by atoms with Gasteiger partial charge in [-0.2, -0.15) is 0 Å². The number of hydrogen-bond acceptors (Lipinski definition) is 2. The van der Waals surface area contributed by atoms with Crippen LogP contribution in [0.15, 0.2) is 32.0 Å².